The van der Waals surface area contributed by atoms with Gasteiger partial charge in [-0.3, -0.25) is 13.9 Å². The standard InChI is InChI=1S/C22H35N6O7PS/c1-5-32-21(30)24-7-6-22(3,4)20(29)37-9-8-33-36(31)34-11-15-10-14(2)19(35-15)28-13-27-16-17(23)25-12-26-18(16)28/h12-15,19,36H,5-11H2,1-4H3,(H,24,30)(H2,23,25,26)/t14-,15-,19+/m0/s1. The molecule has 1 fully saturated rings. The summed E-state index contributed by atoms with van der Waals surface area (Å²) in [6.45, 7) is 8.24. The summed E-state index contributed by atoms with van der Waals surface area (Å²) in [5.74, 6) is 0.786. The van der Waals surface area contributed by atoms with E-state index in [0.29, 0.717) is 48.7 Å². The summed E-state index contributed by atoms with van der Waals surface area (Å²) in [4.78, 5) is 36.3. The van der Waals surface area contributed by atoms with Crippen LogP contribution in [0.3, 0.4) is 0 Å². The fourth-order valence-electron chi connectivity index (χ4n) is 3.84. The highest BCUT2D eigenvalue weighted by atomic mass is 32.2. The van der Waals surface area contributed by atoms with Crippen LogP contribution in [-0.4, -0.2) is 68.9 Å². The highest BCUT2D eigenvalue weighted by Crippen LogP contribution is 2.37. The first-order chi connectivity index (χ1) is 17.6. The average molecular weight is 559 g/mol. The molecule has 1 aliphatic rings. The average Bonchev–Trinajstić information content (AvgIpc) is 3.44. The van der Waals surface area contributed by atoms with Crippen LogP contribution in [0.5, 0.6) is 0 Å². The maximum Gasteiger partial charge on any atom is 0.407 e. The molecule has 1 aliphatic heterocycles. The lowest BCUT2D eigenvalue weighted by molar-refractivity contribution is -0.118. The molecule has 3 rings (SSSR count). The second-order valence-corrected chi connectivity index (χ2v) is 11.4. The summed E-state index contributed by atoms with van der Waals surface area (Å²) >= 11 is 1.10. The number of carbonyl (C=O) groups excluding carboxylic acids is 2. The molecular formula is C22H35N6O7PS. The Bertz CT molecular complexity index is 1100. The van der Waals surface area contributed by atoms with Gasteiger partial charge in [0.15, 0.2) is 16.6 Å². The molecule has 0 spiro atoms. The Morgan fingerprint density at radius 2 is 2.11 bits per heavy atom. The van der Waals surface area contributed by atoms with E-state index in [2.05, 4.69) is 20.3 Å². The van der Waals surface area contributed by atoms with Crippen LogP contribution in [0.25, 0.3) is 11.2 Å². The van der Waals surface area contributed by atoms with E-state index < -0.39 is 19.8 Å². The molecule has 0 aromatic carbocycles. The third-order valence-corrected chi connectivity index (χ3v) is 7.91. The number of imidazole rings is 1. The zero-order valence-electron chi connectivity index (χ0n) is 21.5. The summed E-state index contributed by atoms with van der Waals surface area (Å²) in [5.41, 5.74) is 6.33. The normalized spacial score (nSPS) is 20.7. The number of hydrogen-bond acceptors (Lipinski definition) is 12. The van der Waals surface area contributed by atoms with Gasteiger partial charge in [0.05, 0.1) is 32.3 Å². The van der Waals surface area contributed by atoms with Crippen molar-refractivity contribution >= 4 is 48.2 Å². The Morgan fingerprint density at radius 1 is 1.32 bits per heavy atom. The molecule has 1 amide bonds. The van der Waals surface area contributed by atoms with Gasteiger partial charge in [0.2, 0.25) is 0 Å². The fourth-order valence-corrected chi connectivity index (χ4v) is 5.51. The molecule has 37 heavy (non-hydrogen) atoms. The van der Waals surface area contributed by atoms with Crippen LogP contribution in [0.15, 0.2) is 12.7 Å². The van der Waals surface area contributed by atoms with Crippen molar-refractivity contribution in [2.45, 2.75) is 52.9 Å². The molecule has 13 nitrogen and oxygen atoms in total. The Kier molecular flexibility index (Phi) is 10.7. The molecule has 0 saturated carbocycles. The van der Waals surface area contributed by atoms with Gasteiger partial charge in [-0.05, 0) is 19.8 Å². The fraction of sp³-hybridized carbons (Fsp3) is 0.682. The van der Waals surface area contributed by atoms with E-state index in [0.717, 1.165) is 11.8 Å². The van der Waals surface area contributed by atoms with Crippen LogP contribution < -0.4 is 11.1 Å². The molecule has 206 valence electrons. The monoisotopic (exact) mass is 558 g/mol. The first-order valence-corrected chi connectivity index (χ1v) is 14.3. The second-order valence-electron chi connectivity index (χ2n) is 9.27. The van der Waals surface area contributed by atoms with E-state index >= 15 is 0 Å². The SMILES string of the molecule is CCOC(=O)NCCC(C)(C)C(=O)SCCO[PH](=O)OC[C@@H]1C[C@H](C)[C@H](n2cnc3c(N)ncnc32)O1. The van der Waals surface area contributed by atoms with Crippen molar-refractivity contribution in [3.8, 4) is 0 Å². The van der Waals surface area contributed by atoms with E-state index in [1.165, 1.54) is 6.33 Å². The summed E-state index contributed by atoms with van der Waals surface area (Å²) in [5, 5.41) is 2.57. The Morgan fingerprint density at radius 3 is 2.86 bits per heavy atom. The maximum atomic E-state index is 12.5. The predicted octanol–water partition coefficient (Wildman–Crippen LogP) is 3.18. The summed E-state index contributed by atoms with van der Waals surface area (Å²) in [6, 6.07) is 0. The molecule has 0 aliphatic carbocycles. The number of nitrogens with two attached hydrogens (primary N) is 1. The number of hydrogen-bond donors (Lipinski definition) is 2. The molecule has 1 saturated heterocycles. The molecule has 0 bridgehead atoms. The minimum absolute atomic E-state index is 0.0409. The van der Waals surface area contributed by atoms with E-state index in [4.69, 9.17) is 24.3 Å². The summed E-state index contributed by atoms with van der Waals surface area (Å²) < 4.78 is 35.6. The van der Waals surface area contributed by atoms with Gasteiger partial charge >= 0.3 is 14.3 Å². The van der Waals surface area contributed by atoms with Gasteiger partial charge in [0.25, 0.3) is 0 Å². The minimum Gasteiger partial charge on any atom is -0.450 e. The third kappa shape index (κ3) is 8.11. The number of nitrogens with zero attached hydrogens (tertiary/aromatic N) is 4. The van der Waals surface area contributed by atoms with Crippen LogP contribution in [-0.2, 0) is 27.9 Å². The van der Waals surface area contributed by atoms with E-state index in [1.54, 1.807) is 13.3 Å². The van der Waals surface area contributed by atoms with Gasteiger partial charge in [-0.15, -0.1) is 0 Å². The molecule has 1 unspecified atom stereocenters. The molecule has 15 heteroatoms. The number of carbonyl (C=O) groups is 2. The van der Waals surface area contributed by atoms with Crippen molar-refractivity contribution in [2.75, 3.05) is 37.9 Å². The number of nitrogens with one attached hydrogen (secondary N) is 1. The molecule has 2 aromatic heterocycles. The quantitative estimate of drug-likeness (QED) is 0.272. The van der Waals surface area contributed by atoms with Crippen molar-refractivity contribution in [3.05, 3.63) is 12.7 Å². The maximum absolute atomic E-state index is 12.5. The second kappa shape index (κ2) is 13.5. The molecule has 2 aromatic rings. The third-order valence-electron chi connectivity index (χ3n) is 5.89. The van der Waals surface area contributed by atoms with E-state index in [1.807, 2.05) is 25.3 Å². The van der Waals surface area contributed by atoms with Gasteiger partial charge < -0.3 is 29.6 Å². The smallest absolute Gasteiger partial charge is 0.407 e. The number of fused-ring (bicyclic) bond motifs is 1. The van der Waals surface area contributed by atoms with Crippen molar-refractivity contribution in [2.24, 2.45) is 11.3 Å². The number of alkyl carbamates (subject to hydrolysis) is 1. The molecular weight excluding hydrogens is 523 g/mol. The predicted molar refractivity (Wildman–Crippen MR) is 139 cm³/mol. The van der Waals surface area contributed by atoms with Crippen molar-refractivity contribution < 1.29 is 32.7 Å². The van der Waals surface area contributed by atoms with Crippen molar-refractivity contribution in [3.63, 3.8) is 0 Å². The zero-order valence-corrected chi connectivity index (χ0v) is 23.3. The summed E-state index contributed by atoms with van der Waals surface area (Å²) in [7, 11) is -2.74. The number of amides is 1. The first-order valence-electron chi connectivity index (χ1n) is 12.1. The minimum atomic E-state index is -2.74. The number of thioether (sulfide) groups is 1. The van der Waals surface area contributed by atoms with Crippen LogP contribution in [0.2, 0.25) is 0 Å². The Balaban J connectivity index is 1.34. The largest absolute Gasteiger partial charge is 0.450 e. The van der Waals surface area contributed by atoms with E-state index in [-0.39, 0.29) is 36.6 Å². The number of ether oxygens (including phenoxy) is 2. The number of anilines is 1. The Hall–Kier alpha value is -2.25. The highest BCUT2D eigenvalue weighted by Gasteiger charge is 2.35. The molecule has 3 heterocycles. The van der Waals surface area contributed by atoms with Crippen molar-refractivity contribution in [1.82, 2.24) is 24.8 Å². The number of rotatable bonds is 13. The highest BCUT2D eigenvalue weighted by molar-refractivity contribution is 8.13. The van der Waals surface area contributed by atoms with Crippen LogP contribution in [0.4, 0.5) is 10.6 Å². The molecule has 4 atom stereocenters. The van der Waals surface area contributed by atoms with Gasteiger partial charge in [-0.2, -0.15) is 0 Å². The zero-order chi connectivity index (χ0) is 27.0. The molecule has 3 N–H and O–H groups in total. The van der Waals surface area contributed by atoms with E-state index in [9.17, 15) is 14.2 Å². The lowest BCUT2D eigenvalue weighted by Gasteiger charge is -2.22. The summed E-state index contributed by atoms with van der Waals surface area (Å²) in [6.07, 6.45) is 3.10. The van der Waals surface area contributed by atoms with Gasteiger partial charge in [-0.1, -0.05) is 32.5 Å². The van der Waals surface area contributed by atoms with Gasteiger partial charge in [-0.25, -0.2) is 19.7 Å². The number of aromatic nitrogens is 4. The van der Waals surface area contributed by atoms with Gasteiger partial charge in [0.1, 0.15) is 18.1 Å². The van der Waals surface area contributed by atoms with Crippen LogP contribution in [0, 0.1) is 11.3 Å². The molecule has 0 radical (unpaired) electrons. The lowest BCUT2D eigenvalue weighted by atomic mass is 9.91. The first kappa shape index (κ1) is 29.3. The van der Waals surface area contributed by atoms with Crippen LogP contribution >= 0.6 is 20.0 Å². The van der Waals surface area contributed by atoms with Gasteiger partial charge in [0, 0.05) is 23.6 Å². The van der Waals surface area contributed by atoms with Crippen molar-refractivity contribution in [1.29, 1.82) is 0 Å². The topological polar surface area (TPSA) is 170 Å². The Labute approximate surface area is 220 Å². The lowest BCUT2D eigenvalue weighted by Crippen LogP contribution is -2.31. The van der Waals surface area contributed by atoms with Crippen LogP contribution in [0.1, 0.15) is 46.8 Å². The number of nitrogen functional groups attached to an aromatic ring is 1.